The van der Waals surface area contributed by atoms with Gasteiger partial charge in [0.2, 0.25) is 0 Å². The Bertz CT molecular complexity index is 707. The summed E-state index contributed by atoms with van der Waals surface area (Å²) in [7, 11) is 0. The molecule has 20 heavy (non-hydrogen) atoms. The molecule has 0 unspecified atom stereocenters. The third kappa shape index (κ3) is 2.21. The van der Waals surface area contributed by atoms with E-state index in [9.17, 15) is 15.2 Å². The SMILES string of the molecule is CCOC(=O)c1ccnc2c(C#N)c(C(C)(C)O)nn12. The molecule has 0 aliphatic heterocycles. The maximum atomic E-state index is 11.9. The summed E-state index contributed by atoms with van der Waals surface area (Å²) < 4.78 is 6.16. The summed E-state index contributed by atoms with van der Waals surface area (Å²) in [5.74, 6) is -0.561. The third-order valence-corrected chi connectivity index (χ3v) is 2.69. The van der Waals surface area contributed by atoms with Crippen LogP contribution in [0.2, 0.25) is 0 Å². The summed E-state index contributed by atoms with van der Waals surface area (Å²) in [5, 5.41) is 23.4. The zero-order chi connectivity index (χ0) is 14.9. The van der Waals surface area contributed by atoms with Crippen LogP contribution in [-0.2, 0) is 10.3 Å². The second kappa shape index (κ2) is 4.90. The number of nitrogens with zero attached hydrogens (tertiary/aromatic N) is 4. The lowest BCUT2D eigenvalue weighted by molar-refractivity contribution is 0.0513. The van der Waals surface area contributed by atoms with Gasteiger partial charge in [0.25, 0.3) is 0 Å². The molecule has 0 aliphatic carbocycles. The molecule has 7 heteroatoms. The molecule has 2 rings (SSSR count). The average molecular weight is 274 g/mol. The van der Waals surface area contributed by atoms with Gasteiger partial charge in [-0.25, -0.2) is 14.3 Å². The number of carbonyl (C=O) groups is 1. The summed E-state index contributed by atoms with van der Waals surface area (Å²) in [4.78, 5) is 15.9. The third-order valence-electron chi connectivity index (χ3n) is 2.69. The van der Waals surface area contributed by atoms with Crippen molar-refractivity contribution < 1.29 is 14.6 Å². The van der Waals surface area contributed by atoms with E-state index in [0.29, 0.717) is 0 Å². The van der Waals surface area contributed by atoms with Crippen molar-refractivity contribution in [2.75, 3.05) is 6.61 Å². The molecule has 2 heterocycles. The number of hydrogen-bond donors (Lipinski definition) is 1. The molecule has 2 aromatic rings. The molecule has 0 spiro atoms. The zero-order valence-electron chi connectivity index (χ0n) is 11.4. The van der Waals surface area contributed by atoms with Gasteiger partial charge in [-0.3, -0.25) is 0 Å². The maximum Gasteiger partial charge on any atom is 0.357 e. The highest BCUT2D eigenvalue weighted by atomic mass is 16.5. The Labute approximate surface area is 115 Å². The van der Waals surface area contributed by atoms with E-state index in [0.717, 1.165) is 0 Å². The van der Waals surface area contributed by atoms with Crippen LogP contribution < -0.4 is 0 Å². The minimum absolute atomic E-state index is 0.142. The van der Waals surface area contributed by atoms with Crippen LogP contribution >= 0.6 is 0 Å². The van der Waals surface area contributed by atoms with Crippen molar-refractivity contribution in [3.63, 3.8) is 0 Å². The molecule has 1 N–H and O–H groups in total. The highest BCUT2D eigenvalue weighted by molar-refractivity contribution is 5.88. The van der Waals surface area contributed by atoms with E-state index in [1.807, 2.05) is 6.07 Å². The Morgan fingerprint density at radius 1 is 1.60 bits per heavy atom. The van der Waals surface area contributed by atoms with Crippen molar-refractivity contribution >= 4 is 11.6 Å². The fourth-order valence-electron chi connectivity index (χ4n) is 1.84. The lowest BCUT2D eigenvalue weighted by Gasteiger charge is -2.13. The lowest BCUT2D eigenvalue weighted by Crippen LogP contribution is -2.18. The molecule has 0 bridgehead atoms. The number of fused-ring (bicyclic) bond motifs is 1. The Balaban J connectivity index is 2.75. The molecule has 0 atom stereocenters. The standard InChI is InChI=1S/C13H14N4O3/c1-4-20-12(18)9-5-6-15-11-8(7-14)10(13(2,3)19)16-17(9)11/h5-6,19H,4H2,1-3H3. The van der Waals surface area contributed by atoms with Gasteiger partial charge in [0, 0.05) is 6.20 Å². The maximum absolute atomic E-state index is 11.9. The van der Waals surface area contributed by atoms with Crippen LogP contribution in [0.3, 0.4) is 0 Å². The van der Waals surface area contributed by atoms with Gasteiger partial charge < -0.3 is 9.84 Å². The number of hydrogen-bond acceptors (Lipinski definition) is 6. The summed E-state index contributed by atoms with van der Waals surface area (Å²) >= 11 is 0. The highest BCUT2D eigenvalue weighted by Crippen LogP contribution is 2.25. The highest BCUT2D eigenvalue weighted by Gasteiger charge is 2.28. The molecule has 0 saturated carbocycles. The van der Waals surface area contributed by atoms with E-state index in [1.165, 1.54) is 30.6 Å². The smallest absolute Gasteiger partial charge is 0.357 e. The minimum atomic E-state index is -1.31. The number of carbonyl (C=O) groups excluding carboxylic acids is 1. The normalized spacial score (nSPS) is 11.3. The van der Waals surface area contributed by atoms with Crippen molar-refractivity contribution in [1.82, 2.24) is 14.6 Å². The van der Waals surface area contributed by atoms with E-state index >= 15 is 0 Å². The fraction of sp³-hybridized carbons (Fsp3) is 0.385. The van der Waals surface area contributed by atoms with Gasteiger partial charge in [-0.2, -0.15) is 10.4 Å². The number of rotatable bonds is 3. The molecule has 2 aromatic heterocycles. The number of aliphatic hydroxyl groups is 1. The van der Waals surface area contributed by atoms with Crippen LogP contribution in [0.4, 0.5) is 0 Å². The summed E-state index contributed by atoms with van der Waals surface area (Å²) in [6, 6.07) is 3.42. The van der Waals surface area contributed by atoms with Gasteiger partial charge in [0.1, 0.15) is 22.9 Å². The molecular weight excluding hydrogens is 260 g/mol. The largest absolute Gasteiger partial charge is 0.461 e. The van der Waals surface area contributed by atoms with Crippen LogP contribution in [0.25, 0.3) is 5.65 Å². The molecule has 0 saturated heterocycles. The molecule has 7 nitrogen and oxygen atoms in total. The molecule has 0 radical (unpaired) electrons. The van der Waals surface area contributed by atoms with E-state index in [4.69, 9.17) is 4.74 Å². The second-order valence-electron chi connectivity index (χ2n) is 4.68. The van der Waals surface area contributed by atoms with Crippen LogP contribution in [0.1, 0.15) is 42.5 Å². The summed E-state index contributed by atoms with van der Waals surface area (Å²) in [5.41, 5.74) is -0.628. The number of ether oxygens (including phenoxy) is 1. The van der Waals surface area contributed by atoms with Gasteiger partial charge in [0.05, 0.1) is 6.61 Å². The van der Waals surface area contributed by atoms with E-state index in [-0.39, 0.29) is 29.2 Å². The van der Waals surface area contributed by atoms with E-state index in [1.54, 1.807) is 6.92 Å². The van der Waals surface area contributed by atoms with Gasteiger partial charge in [0.15, 0.2) is 11.3 Å². The van der Waals surface area contributed by atoms with Gasteiger partial charge in [-0.15, -0.1) is 0 Å². The van der Waals surface area contributed by atoms with Crippen LogP contribution in [0.5, 0.6) is 0 Å². The first-order valence-electron chi connectivity index (χ1n) is 6.08. The summed E-state index contributed by atoms with van der Waals surface area (Å²) in [6.45, 7) is 4.95. The monoisotopic (exact) mass is 274 g/mol. The molecule has 0 aromatic carbocycles. The van der Waals surface area contributed by atoms with Crippen LogP contribution in [-0.4, -0.2) is 32.3 Å². The van der Waals surface area contributed by atoms with Gasteiger partial charge in [-0.1, -0.05) is 0 Å². The number of aromatic nitrogens is 3. The van der Waals surface area contributed by atoms with Gasteiger partial charge >= 0.3 is 5.97 Å². The molecule has 0 fully saturated rings. The molecular formula is C13H14N4O3. The predicted octanol–water partition coefficient (Wildman–Crippen LogP) is 1.01. The minimum Gasteiger partial charge on any atom is -0.461 e. The van der Waals surface area contributed by atoms with Crippen molar-refractivity contribution in [2.45, 2.75) is 26.4 Å². The Morgan fingerprint density at radius 2 is 2.30 bits per heavy atom. The van der Waals surface area contributed by atoms with Crippen molar-refractivity contribution in [3.05, 3.63) is 29.2 Å². The molecule has 0 amide bonds. The van der Waals surface area contributed by atoms with Crippen molar-refractivity contribution in [3.8, 4) is 6.07 Å². The van der Waals surface area contributed by atoms with E-state index < -0.39 is 11.6 Å². The average Bonchev–Trinajstić information content (AvgIpc) is 2.77. The summed E-state index contributed by atoms with van der Waals surface area (Å²) in [6.07, 6.45) is 1.40. The Morgan fingerprint density at radius 3 is 2.85 bits per heavy atom. The molecule has 104 valence electrons. The predicted molar refractivity (Wildman–Crippen MR) is 68.9 cm³/mol. The fourth-order valence-corrected chi connectivity index (χ4v) is 1.84. The first kappa shape index (κ1) is 14.0. The first-order valence-corrected chi connectivity index (χ1v) is 6.08. The Hall–Kier alpha value is -2.46. The Kier molecular flexibility index (Phi) is 3.42. The van der Waals surface area contributed by atoms with Crippen molar-refractivity contribution in [1.29, 1.82) is 5.26 Å². The topological polar surface area (TPSA) is 101 Å². The molecule has 0 aliphatic rings. The quantitative estimate of drug-likeness (QED) is 0.838. The van der Waals surface area contributed by atoms with E-state index in [2.05, 4.69) is 10.1 Å². The number of esters is 1. The number of nitriles is 1. The lowest BCUT2D eigenvalue weighted by atomic mass is 10.0. The van der Waals surface area contributed by atoms with Crippen molar-refractivity contribution in [2.24, 2.45) is 0 Å². The zero-order valence-corrected chi connectivity index (χ0v) is 11.4. The second-order valence-corrected chi connectivity index (χ2v) is 4.68. The van der Waals surface area contributed by atoms with Crippen LogP contribution in [0.15, 0.2) is 12.3 Å². The van der Waals surface area contributed by atoms with Crippen LogP contribution in [0, 0.1) is 11.3 Å². The van der Waals surface area contributed by atoms with Gasteiger partial charge in [-0.05, 0) is 26.8 Å². The first-order chi connectivity index (χ1) is 9.40.